The van der Waals surface area contributed by atoms with Gasteiger partial charge >= 0.3 is 6.09 Å². The summed E-state index contributed by atoms with van der Waals surface area (Å²) in [6.07, 6.45) is 2.78. The van der Waals surface area contributed by atoms with Crippen molar-refractivity contribution in [3.63, 3.8) is 0 Å². The molecule has 2 amide bonds. The van der Waals surface area contributed by atoms with Gasteiger partial charge in [0.15, 0.2) is 0 Å². The zero-order chi connectivity index (χ0) is 19.2. The fourth-order valence-electron chi connectivity index (χ4n) is 2.80. The Bertz CT molecular complexity index is 790. The lowest BCUT2D eigenvalue weighted by molar-refractivity contribution is -0.125. The number of rotatable bonds is 7. The maximum atomic E-state index is 12.6. The third kappa shape index (κ3) is 4.46. The second kappa shape index (κ2) is 8.39. The number of amides is 2. The lowest BCUT2D eigenvalue weighted by atomic mass is 10.1. The number of carbonyl (C=O) groups is 2. The average Bonchev–Trinajstić information content (AvgIpc) is 3.07. The van der Waals surface area contributed by atoms with E-state index in [0.717, 1.165) is 11.1 Å². The normalized spacial score (nSPS) is 16.0. The summed E-state index contributed by atoms with van der Waals surface area (Å²) in [7, 11) is 3.13. The molecule has 0 saturated carbocycles. The van der Waals surface area contributed by atoms with Gasteiger partial charge in [0.2, 0.25) is 5.91 Å². The largest absolute Gasteiger partial charge is 0.497 e. The number of carbonyl (C=O) groups excluding carboxylic acids is 2. The number of cyclic esters (lactones) is 1. The Morgan fingerprint density at radius 1 is 1.19 bits per heavy atom. The minimum absolute atomic E-state index is 0.0250. The van der Waals surface area contributed by atoms with Crippen molar-refractivity contribution in [1.29, 1.82) is 0 Å². The molecule has 0 bridgehead atoms. The first-order valence-electron chi connectivity index (χ1n) is 8.42. The second-order valence-electron chi connectivity index (χ2n) is 6.01. The monoisotopic (exact) mass is 371 g/mol. The molecule has 1 fully saturated rings. The Morgan fingerprint density at radius 2 is 1.85 bits per heavy atom. The van der Waals surface area contributed by atoms with Crippen LogP contribution in [0.3, 0.4) is 0 Å². The van der Waals surface area contributed by atoms with Gasteiger partial charge in [-0.3, -0.25) is 14.7 Å². The molecule has 1 aromatic carbocycles. The Balaban J connectivity index is 1.65. The lowest BCUT2D eigenvalue weighted by Gasteiger charge is -2.21. The smallest absolute Gasteiger partial charge is 0.410 e. The van der Waals surface area contributed by atoms with E-state index in [9.17, 15) is 9.59 Å². The van der Waals surface area contributed by atoms with Crippen molar-refractivity contribution in [3.8, 4) is 11.5 Å². The predicted molar refractivity (Wildman–Crippen MR) is 96.3 cm³/mol. The van der Waals surface area contributed by atoms with Crippen molar-refractivity contribution < 1.29 is 23.8 Å². The summed E-state index contributed by atoms with van der Waals surface area (Å²) in [6.45, 7) is 0.587. The third-order valence-corrected chi connectivity index (χ3v) is 4.26. The van der Waals surface area contributed by atoms with E-state index in [2.05, 4.69) is 10.3 Å². The number of aromatic nitrogens is 1. The Kier molecular flexibility index (Phi) is 5.75. The summed E-state index contributed by atoms with van der Waals surface area (Å²) in [5.41, 5.74) is 1.70. The van der Waals surface area contributed by atoms with Crippen molar-refractivity contribution >= 4 is 12.0 Å². The van der Waals surface area contributed by atoms with Crippen LogP contribution in [0.25, 0.3) is 0 Å². The molecule has 1 aliphatic rings. The Labute approximate surface area is 157 Å². The molecular weight excluding hydrogens is 350 g/mol. The first kappa shape index (κ1) is 18.5. The maximum Gasteiger partial charge on any atom is 0.410 e. The van der Waals surface area contributed by atoms with Crippen molar-refractivity contribution in [2.24, 2.45) is 0 Å². The lowest BCUT2D eigenvalue weighted by Crippen LogP contribution is -2.45. The summed E-state index contributed by atoms with van der Waals surface area (Å²) >= 11 is 0. The maximum absolute atomic E-state index is 12.6. The summed E-state index contributed by atoms with van der Waals surface area (Å²) in [4.78, 5) is 30.0. The number of nitrogens with one attached hydrogen (secondary N) is 1. The van der Waals surface area contributed by atoms with E-state index in [-0.39, 0.29) is 25.6 Å². The van der Waals surface area contributed by atoms with Gasteiger partial charge in [-0.2, -0.15) is 0 Å². The summed E-state index contributed by atoms with van der Waals surface area (Å²) in [6, 6.07) is 8.29. The van der Waals surface area contributed by atoms with Gasteiger partial charge in [-0.15, -0.1) is 0 Å². The molecule has 8 heteroatoms. The molecular formula is C19H21N3O5. The summed E-state index contributed by atoms with van der Waals surface area (Å²) in [5, 5.41) is 2.84. The fourth-order valence-corrected chi connectivity index (χ4v) is 2.80. The molecule has 3 rings (SSSR count). The van der Waals surface area contributed by atoms with E-state index in [4.69, 9.17) is 14.2 Å². The van der Waals surface area contributed by atoms with E-state index in [1.807, 2.05) is 12.1 Å². The number of ether oxygens (including phenoxy) is 3. The van der Waals surface area contributed by atoms with Crippen LogP contribution in [0.1, 0.15) is 11.1 Å². The van der Waals surface area contributed by atoms with Gasteiger partial charge in [0.1, 0.15) is 24.1 Å². The molecule has 8 nitrogen and oxygen atoms in total. The van der Waals surface area contributed by atoms with Crippen LogP contribution in [-0.2, 0) is 22.6 Å². The van der Waals surface area contributed by atoms with Crippen molar-refractivity contribution in [3.05, 3.63) is 53.9 Å². The first-order chi connectivity index (χ1) is 13.1. The number of benzene rings is 1. The highest BCUT2D eigenvalue weighted by Gasteiger charge is 2.37. The molecule has 1 N–H and O–H groups in total. The van der Waals surface area contributed by atoms with Crippen LogP contribution in [0.4, 0.5) is 4.79 Å². The van der Waals surface area contributed by atoms with Gasteiger partial charge in [0.05, 0.1) is 20.8 Å². The van der Waals surface area contributed by atoms with Crippen LogP contribution >= 0.6 is 0 Å². The zero-order valence-electron chi connectivity index (χ0n) is 15.2. The molecule has 1 saturated heterocycles. The molecule has 2 aromatic rings. The van der Waals surface area contributed by atoms with E-state index < -0.39 is 12.1 Å². The van der Waals surface area contributed by atoms with Crippen molar-refractivity contribution in [2.45, 2.75) is 19.1 Å². The molecule has 0 radical (unpaired) electrons. The Morgan fingerprint density at radius 3 is 2.48 bits per heavy atom. The van der Waals surface area contributed by atoms with Crippen LogP contribution in [0.2, 0.25) is 0 Å². The van der Waals surface area contributed by atoms with Crippen molar-refractivity contribution in [1.82, 2.24) is 15.2 Å². The number of hydrogen-bond acceptors (Lipinski definition) is 6. The highest BCUT2D eigenvalue weighted by Crippen LogP contribution is 2.22. The summed E-state index contributed by atoms with van der Waals surface area (Å²) in [5.74, 6) is 0.992. The second-order valence-corrected chi connectivity index (χ2v) is 6.01. The zero-order valence-corrected chi connectivity index (χ0v) is 15.2. The van der Waals surface area contributed by atoms with E-state index in [1.54, 1.807) is 44.8 Å². The quantitative estimate of drug-likeness (QED) is 0.797. The Hall–Kier alpha value is -3.29. The number of methoxy groups -OCH3 is 2. The highest BCUT2D eigenvalue weighted by atomic mass is 16.6. The van der Waals surface area contributed by atoms with Crippen LogP contribution in [0.5, 0.6) is 11.5 Å². The van der Waals surface area contributed by atoms with Gasteiger partial charge in [0.25, 0.3) is 0 Å². The third-order valence-electron chi connectivity index (χ3n) is 4.26. The minimum atomic E-state index is -0.682. The molecule has 1 aliphatic heterocycles. The van der Waals surface area contributed by atoms with Gasteiger partial charge in [-0.05, 0) is 35.4 Å². The SMILES string of the molecule is COc1cc(CNC(=O)[C@@H]2COC(=O)N2Cc2ccncc2)cc(OC)c1. The van der Waals surface area contributed by atoms with Crippen LogP contribution < -0.4 is 14.8 Å². The number of nitrogens with zero attached hydrogens (tertiary/aromatic N) is 2. The van der Waals surface area contributed by atoms with Crippen LogP contribution in [0.15, 0.2) is 42.7 Å². The molecule has 2 heterocycles. The summed E-state index contributed by atoms with van der Waals surface area (Å²) < 4.78 is 15.5. The molecule has 0 aliphatic carbocycles. The molecule has 0 spiro atoms. The predicted octanol–water partition coefficient (Wildman–Crippen LogP) is 1.74. The van der Waals surface area contributed by atoms with E-state index in [1.165, 1.54) is 4.90 Å². The van der Waals surface area contributed by atoms with Crippen molar-refractivity contribution in [2.75, 3.05) is 20.8 Å². The number of hydrogen-bond donors (Lipinski definition) is 1. The van der Waals surface area contributed by atoms with Gasteiger partial charge in [-0.25, -0.2) is 4.79 Å². The average molecular weight is 371 g/mol. The minimum Gasteiger partial charge on any atom is -0.497 e. The standard InChI is InChI=1S/C19H21N3O5/c1-25-15-7-14(8-16(9-15)26-2)10-21-18(23)17-12-27-19(24)22(17)11-13-3-5-20-6-4-13/h3-9,17H,10-12H2,1-2H3,(H,21,23)/t17-/m0/s1. The van der Waals surface area contributed by atoms with Gasteiger partial charge < -0.3 is 19.5 Å². The van der Waals surface area contributed by atoms with E-state index >= 15 is 0 Å². The molecule has 142 valence electrons. The first-order valence-corrected chi connectivity index (χ1v) is 8.42. The topological polar surface area (TPSA) is 90.0 Å². The van der Waals surface area contributed by atoms with E-state index in [0.29, 0.717) is 11.5 Å². The van der Waals surface area contributed by atoms with Gasteiger partial charge in [-0.1, -0.05) is 0 Å². The molecule has 1 atom stereocenters. The molecule has 1 aromatic heterocycles. The van der Waals surface area contributed by atoms with Gasteiger partial charge in [0, 0.05) is 25.0 Å². The van der Waals surface area contributed by atoms with Crippen LogP contribution in [-0.4, -0.2) is 48.8 Å². The van der Waals surface area contributed by atoms with Crippen LogP contribution in [0, 0.1) is 0 Å². The fraction of sp³-hybridized carbons (Fsp3) is 0.316. The molecule has 0 unspecified atom stereocenters. The molecule has 27 heavy (non-hydrogen) atoms. The highest BCUT2D eigenvalue weighted by molar-refractivity contribution is 5.87. The number of pyridine rings is 1.